The van der Waals surface area contributed by atoms with Crippen LogP contribution in [-0.2, 0) is 0 Å². The van der Waals surface area contributed by atoms with E-state index in [1.165, 1.54) is 37.2 Å². The van der Waals surface area contributed by atoms with Crippen LogP contribution < -0.4 is 5.73 Å². The lowest BCUT2D eigenvalue weighted by Gasteiger charge is -2.23. The number of fused-ring (bicyclic) bond motifs is 1. The zero-order valence-electron chi connectivity index (χ0n) is 13.5. The summed E-state index contributed by atoms with van der Waals surface area (Å²) >= 11 is 0. The highest BCUT2D eigenvalue weighted by molar-refractivity contribution is 5.91. The van der Waals surface area contributed by atoms with Gasteiger partial charge in [0.1, 0.15) is 17.3 Å². The number of aromatic nitrogens is 3. The molecule has 114 valence electrons. The first-order chi connectivity index (χ1) is 9.99. The van der Waals surface area contributed by atoms with Gasteiger partial charge in [0.15, 0.2) is 0 Å². The molecule has 2 N–H and O–H groups in total. The maximum absolute atomic E-state index is 6.13. The Morgan fingerprint density at radius 2 is 1.81 bits per heavy atom. The van der Waals surface area contributed by atoms with Gasteiger partial charge in [0, 0.05) is 18.3 Å². The molecule has 5 heteroatoms. The summed E-state index contributed by atoms with van der Waals surface area (Å²) in [5.41, 5.74) is 9.57. The summed E-state index contributed by atoms with van der Waals surface area (Å²) in [6, 6.07) is 0.396. The predicted molar refractivity (Wildman–Crippen MR) is 86.5 cm³/mol. The van der Waals surface area contributed by atoms with Gasteiger partial charge < -0.3 is 15.2 Å². The number of nitrogens with two attached hydrogens (primary N) is 1. The van der Waals surface area contributed by atoms with Crippen LogP contribution in [0.2, 0.25) is 0 Å². The molecule has 5 nitrogen and oxygen atoms in total. The quantitative estimate of drug-likeness (QED) is 0.942. The SMILES string of the molecule is Cc1nc(N)c2c(C)c(C)n(C(C)CN3CCCC3)c2n1. The van der Waals surface area contributed by atoms with Crippen molar-refractivity contribution in [3.05, 3.63) is 17.1 Å². The summed E-state index contributed by atoms with van der Waals surface area (Å²) < 4.78 is 2.34. The van der Waals surface area contributed by atoms with Crippen molar-refractivity contribution in [1.82, 2.24) is 19.4 Å². The second kappa shape index (κ2) is 5.30. The van der Waals surface area contributed by atoms with Gasteiger partial charge in [-0.3, -0.25) is 0 Å². The van der Waals surface area contributed by atoms with Gasteiger partial charge in [-0.1, -0.05) is 0 Å². The molecular formula is C16H25N5. The van der Waals surface area contributed by atoms with E-state index < -0.39 is 0 Å². The molecule has 0 radical (unpaired) electrons. The van der Waals surface area contributed by atoms with Crippen LogP contribution in [0.1, 0.15) is 42.9 Å². The Bertz CT molecular complexity index is 667. The van der Waals surface area contributed by atoms with Crippen molar-refractivity contribution in [1.29, 1.82) is 0 Å². The number of rotatable bonds is 3. The minimum atomic E-state index is 0.396. The van der Waals surface area contributed by atoms with Gasteiger partial charge in [0.25, 0.3) is 0 Å². The van der Waals surface area contributed by atoms with E-state index in [0.717, 1.165) is 23.4 Å². The molecule has 1 aliphatic heterocycles. The summed E-state index contributed by atoms with van der Waals surface area (Å²) in [4.78, 5) is 11.5. The Balaban J connectivity index is 2.06. The minimum Gasteiger partial charge on any atom is -0.383 e. The number of likely N-dealkylation sites (tertiary alicyclic amines) is 1. The molecule has 0 spiro atoms. The fourth-order valence-corrected chi connectivity index (χ4v) is 3.59. The Hall–Kier alpha value is -1.62. The lowest BCUT2D eigenvalue weighted by Crippen LogP contribution is -2.27. The lowest BCUT2D eigenvalue weighted by molar-refractivity contribution is 0.288. The van der Waals surface area contributed by atoms with E-state index in [1.54, 1.807) is 0 Å². The molecule has 1 saturated heterocycles. The molecule has 1 aliphatic rings. The van der Waals surface area contributed by atoms with Gasteiger partial charge in [-0.15, -0.1) is 0 Å². The van der Waals surface area contributed by atoms with Gasteiger partial charge in [-0.05, 0) is 59.2 Å². The van der Waals surface area contributed by atoms with Crippen molar-refractivity contribution in [2.75, 3.05) is 25.4 Å². The Morgan fingerprint density at radius 1 is 1.14 bits per heavy atom. The maximum atomic E-state index is 6.13. The van der Waals surface area contributed by atoms with Crippen LogP contribution in [0.4, 0.5) is 5.82 Å². The molecule has 1 atom stereocenters. The van der Waals surface area contributed by atoms with Crippen LogP contribution in [0, 0.1) is 20.8 Å². The molecule has 2 aromatic heterocycles. The summed E-state index contributed by atoms with van der Waals surface area (Å²) in [7, 11) is 0. The van der Waals surface area contributed by atoms with Crippen LogP contribution in [0.25, 0.3) is 11.0 Å². The van der Waals surface area contributed by atoms with Gasteiger partial charge in [0.2, 0.25) is 0 Å². The van der Waals surface area contributed by atoms with Crippen LogP contribution in [0.5, 0.6) is 0 Å². The molecule has 1 unspecified atom stereocenters. The number of nitrogen functional groups attached to an aromatic ring is 1. The molecule has 2 aromatic rings. The first kappa shape index (κ1) is 14.3. The normalized spacial score (nSPS) is 17.7. The van der Waals surface area contributed by atoms with Crippen molar-refractivity contribution >= 4 is 16.9 Å². The first-order valence-corrected chi connectivity index (χ1v) is 7.82. The molecule has 3 heterocycles. The first-order valence-electron chi connectivity index (χ1n) is 7.82. The molecule has 1 fully saturated rings. The third kappa shape index (κ3) is 2.39. The summed E-state index contributed by atoms with van der Waals surface area (Å²) in [5.74, 6) is 1.34. The average Bonchev–Trinajstić information content (AvgIpc) is 2.97. The predicted octanol–water partition coefficient (Wildman–Crippen LogP) is 2.60. The average molecular weight is 287 g/mol. The van der Waals surface area contributed by atoms with E-state index in [4.69, 9.17) is 5.73 Å². The molecule has 0 bridgehead atoms. The maximum Gasteiger partial charge on any atom is 0.146 e. The topological polar surface area (TPSA) is 60.0 Å². The third-order valence-corrected chi connectivity index (χ3v) is 4.70. The van der Waals surface area contributed by atoms with E-state index in [2.05, 4.69) is 40.2 Å². The zero-order chi connectivity index (χ0) is 15.1. The number of aryl methyl sites for hydroxylation is 2. The Kier molecular flexibility index (Phi) is 3.61. The Labute approximate surface area is 126 Å². The molecule has 0 amide bonds. The van der Waals surface area contributed by atoms with Crippen molar-refractivity contribution in [3.8, 4) is 0 Å². The largest absolute Gasteiger partial charge is 0.383 e. The highest BCUT2D eigenvalue weighted by atomic mass is 15.2. The second-order valence-corrected chi connectivity index (χ2v) is 6.29. The van der Waals surface area contributed by atoms with Crippen molar-refractivity contribution in [2.24, 2.45) is 0 Å². The fraction of sp³-hybridized carbons (Fsp3) is 0.625. The Morgan fingerprint density at radius 3 is 2.48 bits per heavy atom. The van der Waals surface area contributed by atoms with Crippen molar-refractivity contribution in [2.45, 2.75) is 46.6 Å². The van der Waals surface area contributed by atoms with Gasteiger partial charge >= 0.3 is 0 Å². The van der Waals surface area contributed by atoms with Gasteiger partial charge in [0.05, 0.1) is 5.39 Å². The third-order valence-electron chi connectivity index (χ3n) is 4.70. The summed E-state index contributed by atoms with van der Waals surface area (Å²) in [6.45, 7) is 12.0. The van der Waals surface area contributed by atoms with Crippen LogP contribution in [-0.4, -0.2) is 39.1 Å². The fourth-order valence-electron chi connectivity index (χ4n) is 3.59. The molecular weight excluding hydrogens is 262 g/mol. The summed E-state index contributed by atoms with van der Waals surface area (Å²) in [6.07, 6.45) is 2.65. The number of nitrogens with zero attached hydrogens (tertiary/aromatic N) is 4. The second-order valence-electron chi connectivity index (χ2n) is 6.29. The van der Waals surface area contributed by atoms with Crippen LogP contribution in [0.3, 0.4) is 0 Å². The molecule has 0 saturated carbocycles. The monoisotopic (exact) mass is 287 g/mol. The van der Waals surface area contributed by atoms with E-state index in [0.29, 0.717) is 11.9 Å². The molecule has 3 rings (SSSR count). The highest BCUT2D eigenvalue weighted by Crippen LogP contribution is 2.31. The molecule has 0 aromatic carbocycles. The molecule has 21 heavy (non-hydrogen) atoms. The molecule has 0 aliphatic carbocycles. The zero-order valence-corrected chi connectivity index (χ0v) is 13.5. The number of hydrogen-bond acceptors (Lipinski definition) is 4. The van der Waals surface area contributed by atoms with Crippen molar-refractivity contribution < 1.29 is 0 Å². The lowest BCUT2D eigenvalue weighted by atomic mass is 10.2. The van der Waals surface area contributed by atoms with E-state index in [-0.39, 0.29) is 0 Å². The van der Waals surface area contributed by atoms with Gasteiger partial charge in [-0.25, -0.2) is 9.97 Å². The van der Waals surface area contributed by atoms with E-state index >= 15 is 0 Å². The van der Waals surface area contributed by atoms with Crippen LogP contribution in [0.15, 0.2) is 0 Å². The van der Waals surface area contributed by atoms with Crippen molar-refractivity contribution in [3.63, 3.8) is 0 Å². The van der Waals surface area contributed by atoms with Gasteiger partial charge in [-0.2, -0.15) is 0 Å². The highest BCUT2D eigenvalue weighted by Gasteiger charge is 2.22. The summed E-state index contributed by atoms with van der Waals surface area (Å²) in [5, 5.41) is 1.02. The van der Waals surface area contributed by atoms with E-state index in [9.17, 15) is 0 Å². The standard InChI is InChI=1S/C16H25N5/c1-10(9-20-7-5-6-8-20)21-12(3)11(2)14-15(17)18-13(4)19-16(14)21/h10H,5-9H2,1-4H3,(H2,17,18,19). The van der Waals surface area contributed by atoms with Crippen LogP contribution >= 0.6 is 0 Å². The smallest absolute Gasteiger partial charge is 0.146 e. The number of hydrogen-bond donors (Lipinski definition) is 1. The van der Waals surface area contributed by atoms with E-state index in [1.807, 2.05) is 6.92 Å². The minimum absolute atomic E-state index is 0.396. The number of anilines is 1.